The minimum atomic E-state index is -6.24. The fraction of sp³-hybridized carbons (Fsp3) is 1.00. The molecule has 0 aliphatic rings. The van der Waals surface area contributed by atoms with Crippen molar-refractivity contribution < 1.29 is 54.2 Å². The summed E-state index contributed by atoms with van der Waals surface area (Å²) in [5.74, 6) is -11.1. The van der Waals surface area contributed by atoms with E-state index in [1.807, 2.05) is 0 Å². The van der Waals surface area contributed by atoms with Crippen molar-refractivity contribution in [2.45, 2.75) is 114 Å². The number of nitrogens with zero attached hydrogens (tertiary/aromatic N) is 1. The molecule has 0 saturated heterocycles. The predicted octanol–water partition coefficient (Wildman–Crippen LogP) is 8.05. The molecule has 0 radical (unpaired) electrons. The molecular weight excluding hydrogens is 559 g/mol. The summed E-state index contributed by atoms with van der Waals surface area (Å²) < 4.78 is 112. The molecule has 41 heavy (non-hydrogen) atoms. The topological polar surface area (TPSA) is 36.9 Å². The average Bonchev–Trinajstić information content (AvgIpc) is 2.87. The van der Waals surface area contributed by atoms with Gasteiger partial charge in [0.2, 0.25) is 0 Å². The first kappa shape index (κ1) is 40.3. The first-order chi connectivity index (χ1) is 19.1. The second-order valence-corrected chi connectivity index (χ2v) is 11.8. The van der Waals surface area contributed by atoms with Crippen LogP contribution in [0.4, 0.5) is 30.7 Å². The van der Waals surface area contributed by atoms with E-state index < -0.39 is 24.4 Å². The molecule has 0 bridgehead atoms. The number of hydrogen-bond donors (Lipinski definition) is 0. The molecule has 0 saturated carbocycles. The Kier molecular flexibility index (Phi) is 21.5. The number of unbranched alkanes of at least 4 members (excludes halogenated alkanes) is 12. The third kappa shape index (κ3) is 20.8. The number of halogens is 7. The van der Waals surface area contributed by atoms with Crippen LogP contribution in [0.15, 0.2) is 0 Å². The molecule has 0 aliphatic carbocycles. The van der Waals surface area contributed by atoms with Gasteiger partial charge in [-0.1, -0.05) is 70.6 Å². The van der Waals surface area contributed by atoms with E-state index in [2.05, 4.69) is 21.1 Å². The highest BCUT2D eigenvalue weighted by Crippen LogP contribution is 2.48. The summed E-state index contributed by atoms with van der Waals surface area (Å²) in [5, 5.41) is 0. The lowest BCUT2D eigenvalue weighted by molar-refractivity contribution is -0.870. The van der Waals surface area contributed by atoms with Crippen molar-refractivity contribution in [2.24, 2.45) is 0 Å². The van der Waals surface area contributed by atoms with Crippen LogP contribution in [0.1, 0.15) is 89.9 Å². The molecule has 248 valence electrons. The molecule has 1 atom stereocenters. The Labute approximate surface area is 243 Å². The lowest BCUT2D eigenvalue weighted by Gasteiger charge is -2.28. The number of likely N-dealkylation sites (N-methyl/N-ethyl adjacent to an activating group) is 1. The Hall–Kier alpha value is -0.690. The monoisotopic (exact) mass is 614 g/mol. The normalized spacial score (nSPS) is 14.1. The SMILES string of the molecule is COC(COCCCCCCCCCCCCCCCC(F)(F)C(F)(F)C(F)(F)F)COCCOCC[N+](C)(C)C. The van der Waals surface area contributed by atoms with E-state index in [9.17, 15) is 30.7 Å². The summed E-state index contributed by atoms with van der Waals surface area (Å²) in [5.41, 5.74) is 0. The summed E-state index contributed by atoms with van der Waals surface area (Å²) in [6, 6.07) is 0. The second kappa shape index (κ2) is 21.9. The zero-order valence-corrected chi connectivity index (χ0v) is 25.7. The summed E-state index contributed by atoms with van der Waals surface area (Å²) >= 11 is 0. The number of quaternary nitrogens is 1. The number of ether oxygens (including phenoxy) is 4. The minimum Gasteiger partial charge on any atom is -0.379 e. The van der Waals surface area contributed by atoms with Crippen LogP contribution in [0.25, 0.3) is 0 Å². The van der Waals surface area contributed by atoms with Crippen molar-refractivity contribution in [2.75, 3.05) is 74.4 Å². The average molecular weight is 615 g/mol. The van der Waals surface area contributed by atoms with Gasteiger partial charge >= 0.3 is 18.0 Å². The molecule has 0 aliphatic heterocycles. The van der Waals surface area contributed by atoms with Gasteiger partial charge in [-0.15, -0.1) is 0 Å². The van der Waals surface area contributed by atoms with Crippen molar-refractivity contribution >= 4 is 0 Å². The molecule has 0 N–H and O–H groups in total. The Bertz CT molecular complexity index is 617. The number of rotatable bonds is 28. The molecule has 1 unspecified atom stereocenters. The maximum absolute atomic E-state index is 13.2. The Morgan fingerprint density at radius 1 is 0.537 bits per heavy atom. The summed E-state index contributed by atoms with van der Waals surface area (Å²) in [4.78, 5) is 0. The van der Waals surface area contributed by atoms with Gasteiger partial charge in [0, 0.05) is 20.1 Å². The lowest BCUT2D eigenvalue weighted by atomic mass is 10.0. The van der Waals surface area contributed by atoms with Crippen LogP contribution in [0.2, 0.25) is 0 Å². The predicted molar refractivity (Wildman–Crippen MR) is 147 cm³/mol. The van der Waals surface area contributed by atoms with E-state index in [4.69, 9.17) is 18.9 Å². The quantitative estimate of drug-likeness (QED) is 0.0508. The van der Waals surface area contributed by atoms with Gasteiger partial charge in [0.1, 0.15) is 12.6 Å². The van der Waals surface area contributed by atoms with Gasteiger partial charge in [-0.2, -0.15) is 30.7 Å². The zero-order chi connectivity index (χ0) is 31.3. The largest absolute Gasteiger partial charge is 0.459 e. The van der Waals surface area contributed by atoms with Gasteiger partial charge in [-0.25, -0.2) is 0 Å². The third-order valence-corrected chi connectivity index (χ3v) is 6.81. The lowest BCUT2D eigenvalue weighted by Crippen LogP contribution is -2.51. The summed E-state index contributed by atoms with van der Waals surface area (Å²) in [6.07, 6.45) is 3.05. The molecule has 5 nitrogen and oxygen atoms in total. The fourth-order valence-electron chi connectivity index (χ4n) is 4.03. The Morgan fingerprint density at radius 2 is 0.951 bits per heavy atom. The number of methoxy groups -OCH3 is 1. The van der Waals surface area contributed by atoms with Crippen molar-refractivity contribution in [1.29, 1.82) is 0 Å². The van der Waals surface area contributed by atoms with E-state index in [0.717, 1.165) is 75.2 Å². The van der Waals surface area contributed by atoms with Crippen LogP contribution in [-0.4, -0.2) is 103 Å². The first-order valence-corrected chi connectivity index (χ1v) is 15.0. The van der Waals surface area contributed by atoms with Crippen molar-refractivity contribution in [3.63, 3.8) is 0 Å². The maximum Gasteiger partial charge on any atom is 0.459 e. The minimum absolute atomic E-state index is 0.0951. The fourth-order valence-corrected chi connectivity index (χ4v) is 4.03. The highest BCUT2D eigenvalue weighted by atomic mass is 19.4. The first-order valence-electron chi connectivity index (χ1n) is 15.0. The van der Waals surface area contributed by atoms with E-state index >= 15 is 0 Å². The van der Waals surface area contributed by atoms with Crippen molar-refractivity contribution in [3.05, 3.63) is 0 Å². The van der Waals surface area contributed by atoms with Crippen LogP contribution in [-0.2, 0) is 18.9 Å². The smallest absolute Gasteiger partial charge is 0.379 e. The van der Waals surface area contributed by atoms with Crippen LogP contribution < -0.4 is 0 Å². The molecule has 0 heterocycles. The Morgan fingerprint density at radius 3 is 1.39 bits per heavy atom. The highest BCUT2D eigenvalue weighted by molar-refractivity contribution is 4.90. The molecule has 0 amide bonds. The molecule has 0 aromatic heterocycles. The van der Waals surface area contributed by atoms with Crippen LogP contribution >= 0.6 is 0 Å². The van der Waals surface area contributed by atoms with Crippen molar-refractivity contribution in [3.8, 4) is 0 Å². The maximum atomic E-state index is 13.2. The second-order valence-electron chi connectivity index (χ2n) is 11.8. The van der Waals surface area contributed by atoms with E-state index in [1.165, 1.54) is 0 Å². The zero-order valence-electron chi connectivity index (χ0n) is 25.7. The van der Waals surface area contributed by atoms with Gasteiger partial charge < -0.3 is 23.4 Å². The van der Waals surface area contributed by atoms with E-state index in [-0.39, 0.29) is 18.9 Å². The van der Waals surface area contributed by atoms with Gasteiger partial charge in [-0.05, 0) is 12.8 Å². The molecule has 0 aromatic rings. The van der Waals surface area contributed by atoms with Gasteiger partial charge in [0.05, 0.1) is 54.2 Å². The molecule has 0 rings (SSSR count). The van der Waals surface area contributed by atoms with Crippen LogP contribution in [0, 0.1) is 0 Å². The number of alkyl halides is 7. The molecule has 12 heteroatoms. The third-order valence-electron chi connectivity index (χ3n) is 6.81. The molecule has 0 aromatic carbocycles. The number of hydrogen-bond acceptors (Lipinski definition) is 4. The van der Waals surface area contributed by atoms with Gasteiger partial charge in [-0.3, -0.25) is 0 Å². The highest BCUT2D eigenvalue weighted by Gasteiger charge is 2.72. The van der Waals surface area contributed by atoms with Gasteiger partial charge in [0.15, 0.2) is 0 Å². The standard InChI is InChI=1S/C29H55F7NO4/c1-37(2,3)19-21-39-22-23-41-25-26(38-4)24-40-20-17-15-13-11-9-7-5-6-8-10-12-14-16-18-27(30,31)28(32,33)29(34,35)36/h26H,5-25H2,1-4H3/q+1. The molecule has 0 spiro atoms. The van der Waals surface area contributed by atoms with Crippen molar-refractivity contribution in [1.82, 2.24) is 0 Å². The molecule has 0 fully saturated rings. The van der Waals surface area contributed by atoms with E-state index in [1.54, 1.807) is 7.11 Å². The van der Waals surface area contributed by atoms with E-state index in [0.29, 0.717) is 46.1 Å². The van der Waals surface area contributed by atoms with Crippen LogP contribution in [0.3, 0.4) is 0 Å². The Balaban J connectivity index is 3.49. The summed E-state index contributed by atoms with van der Waals surface area (Å²) in [7, 11) is 8.02. The van der Waals surface area contributed by atoms with Gasteiger partial charge in [0.25, 0.3) is 0 Å². The summed E-state index contributed by atoms with van der Waals surface area (Å²) in [6.45, 7) is 4.42. The van der Waals surface area contributed by atoms with Crippen LogP contribution in [0.5, 0.6) is 0 Å². The molecular formula is C29H55F7NO4+.